The van der Waals surface area contributed by atoms with Crippen LogP contribution in [0.15, 0.2) is 0 Å². The van der Waals surface area contributed by atoms with Crippen LogP contribution < -0.4 is 0 Å². The zero-order valence-electron chi connectivity index (χ0n) is 13.3. The van der Waals surface area contributed by atoms with Crippen LogP contribution in [0.25, 0.3) is 0 Å². The Morgan fingerprint density at radius 3 is 2.24 bits per heavy atom. The molecule has 1 aliphatic heterocycles. The van der Waals surface area contributed by atoms with Gasteiger partial charge in [0.05, 0.1) is 0 Å². The van der Waals surface area contributed by atoms with Crippen LogP contribution in [0.2, 0.25) is 0 Å². The van der Waals surface area contributed by atoms with Gasteiger partial charge < -0.3 is 5.11 Å². The molecule has 1 unspecified atom stereocenters. The van der Waals surface area contributed by atoms with Crippen LogP contribution in [0.4, 0.5) is 0 Å². The molecule has 0 amide bonds. The second-order valence-corrected chi connectivity index (χ2v) is 8.84. The van der Waals surface area contributed by atoms with E-state index in [1.54, 1.807) is 0 Å². The minimum atomic E-state index is -0.620. The van der Waals surface area contributed by atoms with Gasteiger partial charge in [-0.15, -0.1) is 0 Å². The summed E-state index contributed by atoms with van der Waals surface area (Å²) in [5, 5.41) is 9.56. The summed E-state index contributed by atoms with van der Waals surface area (Å²) in [6.07, 6.45) is 11.9. The summed E-state index contributed by atoms with van der Waals surface area (Å²) in [5.41, 5.74) is -0.0148. The first-order valence-electron chi connectivity index (χ1n) is 8.98. The number of nitrogens with zero attached hydrogens (tertiary/aromatic N) is 1. The lowest BCUT2D eigenvalue weighted by molar-refractivity contribution is -0.149. The average Bonchev–Trinajstić information content (AvgIpc) is 2.78. The third-order valence-corrected chi connectivity index (χ3v) is 7.33. The zero-order chi connectivity index (χ0) is 14.7. The van der Waals surface area contributed by atoms with Gasteiger partial charge in [0, 0.05) is 0 Å². The van der Waals surface area contributed by atoms with E-state index in [9.17, 15) is 9.90 Å². The Balaban J connectivity index is 1.44. The highest BCUT2D eigenvalue weighted by Gasteiger charge is 2.51. The van der Waals surface area contributed by atoms with E-state index in [0.29, 0.717) is 5.41 Å². The molecule has 3 nitrogen and oxygen atoms in total. The topological polar surface area (TPSA) is 40.5 Å². The first-order chi connectivity index (χ1) is 9.99. The summed E-state index contributed by atoms with van der Waals surface area (Å²) < 4.78 is 0. The molecule has 4 saturated carbocycles. The van der Waals surface area contributed by atoms with E-state index < -0.39 is 11.5 Å². The third kappa shape index (κ3) is 2.23. The fraction of sp³-hybridized carbons (Fsp3) is 0.944. The van der Waals surface area contributed by atoms with Gasteiger partial charge in [0.15, 0.2) is 0 Å². The van der Waals surface area contributed by atoms with Gasteiger partial charge in [0.1, 0.15) is 5.54 Å². The van der Waals surface area contributed by atoms with Crippen LogP contribution in [-0.2, 0) is 4.79 Å². The number of carboxylic acid groups (broad SMARTS) is 1. The number of aliphatic carboxylic acids is 1. The fourth-order valence-electron chi connectivity index (χ4n) is 6.59. The van der Waals surface area contributed by atoms with Crippen molar-refractivity contribution in [1.29, 1.82) is 0 Å². The molecule has 1 saturated heterocycles. The minimum Gasteiger partial charge on any atom is -0.480 e. The van der Waals surface area contributed by atoms with Crippen molar-refractivity contribution in [3.63, 3.8) is 0 Å². The SMILES string of the molecule is CC1(C(=O)O)CCCN1CCC12CC3CC(CC(C3)C1)C2. The molecule has 0 radical (unpaired) electrons. The predicted molar refractivity (Wildman–Crippen MR) is 82.1 cm³/mol. The minimum absolute atomic E-state index is 0.580. The van der Waals surface area contributed by atoms with Gasteiger partial charge in [-0.2, -0.15) is 0 Å². The van der Waals surface area contributed by atoms with Crippen molar-refractivity contribution < 1.29 is 9.90 Å². The van der Waals surface area contributed by atoms with Crippen molar-refractivity contribution in [1.82, 2.24) is 4.90 Å². The lowest BCUT2D eigenvalue weighted by Crippen LogP contribution is -2.51. The maximum atomic E-state index is 11.6. The van der Waals surface area contributed by atoms with E-state index in [1.807, 2.05) is 6.92 Å². The van der Waals surface area contributed by atoms with Crippen LogP contribution in [0.5, 0.6) is 0 Å². The van der Waals surface area contributed by atoms with Crippen LogP contribution >= 0.6 is 0 Å². The molecule has 5 aliphatic rings. The first-order valence-corrected chi connectivity index (χ1v) is 8.98. The van der Waals surface area contributed by atoms with Gasteiger partial charge in [0.2, 0.25) is 0 Å². The van der Waals surface area contributed by atoms with Crippen LogP contribution in [-0.4, -0.2) is 34.6 Å². The van der Waals surface area contributed by atoms with Crippen molar-refractivity contribution >= 4 is 5.97 Å². The molecule has 5 fully saturated rings. The number of carbonyl (C=O) groups is 1. The van der Waals surface area contributed by atoms with Crippen molar-refractivity contribution in [2.75, 3.05) is 13.1 Å². The van der Waals surface area contributed by atoms with Crippen LogP contribution in [0.3, 0.4) is 0 Å². The summed E-state index contributed by atoms with van der Waals surface area (Å²) in [4.78, 5) is 13.9. The van der Waals surface area contributed by atoms with E-state index in [-0.39, 0.29) is 0 Å². The monoisotopic (exact) mass is 291 g/mol. The van der Waals surface area contributed by atoms with Crippen LogP contribution in [0.1, 0.15) is 64.7 Å². The Morgan fingerprint density at radius 2 is 1.71 bits per heavy atom. The van der Waals surface area contributed by atoms with E-state index in [2.05, 4.69) is 4.90 Å². The Hall–Kier alpha value is -0.570. The van der Waals surface area contributed by atoms with Crippen molar-refractivity contribution in [3.8, 4) is 0 Å². The molecule has 1 heterocycles. The highest BCUT2D eigenvalue weighted by atomic mass is 16.4. The van der Waals surface area contributed by atoms with Gasteiger partial charge in [-0.05, 0) is 101 Å². The van der Waals surface area contributed by atoms with Crippen molar-refractivity contribution in [2.45, 2.75) is 70.3 Å². The van der Waals surface area contributed by atoms with E-state index in [0.717, 1.165) is 43.7 Å². The molecule has 0 aromatic rings. The van der Waals surface area contributed by atoms with Crippen LogP contribution in [0, 0.1) is 23.2 Å². The number of hydrogen-bond donors (Lipinski definition) is 1. The highest BCUT2D eigenvalue weighted by molar-refractivity contribution is 5.78. The van der Waals surface area contributed by atoms with Gasteiger partial charge >= 0.3 is 5.97 Å². The standard InChI is InChI=1S/C18H29NO2/c1-17(16(20)21)3-2-5-19(17)6-4-18-10-13-7-14(11-18)9-15(8-13)12-18/h13-15H,2-12H2,1H3,(H,20,21). The van der Waals surface area contributed by atoms with E-state index in [1.165, 1.54) is 44.9 Å². The molecule has 4 aliphatic carbocycles. The number of likely N-dealkylation sites (tertiary alicyclic amines) is 1. The summed E-state index contributed by atoms with van der Waals surface area (Å²) in [6, 6.07) is 0. The Kier molecular flexibility index (Phi) is 3.15. The van der Waals surface area contributed by atoms with Gasteiger partial charge in [0.25, 0.3) is 0 Å². The maximum absolute atomic E-state index is 11.6. The molecular weight excluding hydrogens is 262 g/mol. The summed E-state index contributed by atoms with van der Waals surface area (Å²) in [6.45, 7) is 3.92. The molecule has 1 atom stereocenters. The molecule has 3 heteroatoms. The Labute approximate surface area is 128 Å². The quantitative estimate of drug-likeness (QED) is 0.861. The first kappa shape index (κ1) is 14.0. The Morgan fingerprint density at radius 1 is 1.14 bits per heavy atom. The van der Waals surface area contributed by atoms with E-state index >= 15 is 0 Å². The predicted octanol–water partition coefficient (Wildman–Crippen LogP) is 3.53. The number of rotatable bonds is 4. The zero-order valence-corrected chi connectivity index (χ0v) is 13.3. The normalized spacial score (nSPS) is 48.9. The molecule has 0 aromatic heterocycles. The largest absolute Gasteiger partial charge is 0.480 e. The fourth-order valence-corrected chi connectivity index (χ4v) is 6.59. The van der Waals surface area contributed by atoms with E-state index in [4.69, 9.17) is 0 Å². The van der Waals surface area contributed by atoms with Crippen molar-refractivity contribution in [2.24, 2.45) is 23.2 Å². The number of hydrogen-bond acceptors (Lipinski definition) is 2. The van der Waals surface area contributed by atoms with Gasteiger partial charge in [-0.25, -0.2) is 0 Å². The molecule has 0 spiro atoms. The molecular formula is C18H29NO2. The second-order valence-electron chi connectivity index (χ2n) is 8.84. The number of carboxylic acids is 1. The third-order valence-electron chi connectivity index (χ3n) is 7.33. The molecule has 4 bridgehead atoms. The Bertz CT molecular complexity index is 411. The average molecular weight is 291 g/mol. The van der Waals surface area contributed by atoms with Gasteiger partial charge in [-0.1, -0.05) is 0 Å². The lowest BCUT2D eigenvalue weighted by atomic mass is 9.49. The smallest absolute Gasteiger partial charge is 0.323 e. The second kappa shape index (κ2) is 4.71. The molecule has 0 aromatic carbocycles. The summed E-state index contributed by atoms with van der Waals surface area (Å²) in [7, 11) is 0. The van der Waals surface area contributed by atoms with Crippen molar-refractivity contribution in [3.05, 3.63) is 0 Å². The summed E-state index contributed by atoms with van der Waals surface area (Å²) >= 11 is 0. The molecule has 21 heavy (non-hydrogen) atoms. The maximum Gasteiger partial charge on any atom is 0.323 e. The molecule has 118 valence electrons. The molecule has 1 N–H and O–H groups in total. The molecule has 5 rings (SSSR count). The van der Waals surface area contributed by atoms with Gasteiger partial charge in [-0.3, -0.25) is 9.69 Å². The lowest BCUT2D eigenvalue weighted by Gasteiger charge is -2.57. The highest BCUT2D eigenvalue weighted by Crippen LogP contribution is 2.61. The summed E-state index contributed by atoms with van der Waals surface area (Å²) in [5.74, 6) is 2.38.